The molecule has 3 heteroatoms. The van der Waals surface area contributed by atoms with E-state index in [2.05, 4.69) is 29.1 Å². The molecule has 0 fully saturated rings. The van der Waals surface area contributed by atoms with E-state index in [0.29, 0.717) is 0 Å². The van der Waals surface area contributed by atoms with Gasteiger partial charge in [-0.1, -0.05) is 0 Å². The van der Waals surface area contributed by atoms with Gasteiger partial charge in [0.1, 0.15) is 0 Å². The summed E-state index contributed by atoms with van der Waals surface area (Å²) in [5.41, 5.74) is 0. The zero-order valence-corrected chi connectivity index (χ0v) is 11.5. The zero-order chi connectivity index (χ0) is 13.1. The van der Waals surface area contributed by atoms with Crippen LogP contribution in [0.1, 0.15) is 12.8 Å². The maximum atomic E-state index is 7.00. The predicted octanol–water partition coefficient (Wildman–Crippen LogP) is 1.79. The van der Waals surface area contributed by atoms with Crippen molar-refractivity contribution >= 4 is 4.82 Å². The predicted molar refractivity (Wildman–Crippen MR) is 66.5 cm³/mol. The van der Waals surface area contributed by atoms with E-state index < -0.39 is 0 Å². The Balaban J connectivity index is -0.000000146. The molecular weight excluding hydrogens is 236 g/mol. The van der Waals surface area contributed by atoms with Crippen LogP contribution in [-0.2, 0) is 20.0 Å². The van der Waals surface area contributed by atoms with Crippen molar-refractivity contribution in [1.29, 1.82) is 0 Å². The first kappa shape index (κ1) is 20.8. The molecule has 0 aliphatic heterocycles. The molecule has 2 aliphatic carbocycles. The monoisotopic (exact) mass is 256 g/mol. The molecule has 0 aromatic heterocycles. The van der Waals surface area contributed by atoms with Crippen LogP contribution in [0.15, 0.2) is 36.5 Å². The van der Waals surface area contributed by atoms with E-state index in [9.17, 15) is 0 Å². The molecule has 0 heterocycles. The van der Waals surface area contributed by atoms with E-state index in [1.807, 2.05) is 24.3 Å². The summed E-state index contributed by atoms with van der Waals surface area (Å²) in [5.74, 6) is 0. The molecule has 0 unspecified atom stereocenters. The van der Waals surface area contributed by atoms with Crippen LogP contribution < -0.4 is 0 Å². The van der Waals surface area contributed by atoms with Crippen molar-refractivity contribution in [2.45, 2.75) is 12.8 Å². The van der Waals surface area contributed by atoms with Crippen molar-refractivity contribution in [2.24, 2.45) is 0 Å². The van der Waals surface area contributed by atoms with Gasteiger partial charge in [0, 0.05) is 14.2 Å². The average Bonchev–Trinajstić information content (AvgIpc) is 3.14. The Morgan fingerprint density at radius 3 is 1.25 bits per heavy atom. The molecule has 2 N–H and O–H groups in total. The molecule has 2 aliphatic rings. The standard InChI is InChI=1S/2C5H5.2CH4O.CH2.Ti/c2*1-2-4-5-3-1;2*1-2;;/h2*1-3H,4H2;2*2H,1H3;1H2;/q2*-1;;;;+2. The molecule has 2 nitrogen and oxygen atoms in total. The van der Waals surface area contributed by atoms with Crippen LogP contribution in [0.2, 0.25) is 0 Å². The van der Waals surface area contributed by atoms with Crippen molar-refractivity contribution in [2.75, 3.05) is 14.2 Å². The van der Waals surface area contributed by atoms with Gasteiger partial charge in [-0.25, -0.2) is 24.3 Å². The fourth-order valence-corrected chi connectivity index (χ4v) is 0.680. The molecule has 0 amide bonds. The van der Waals surface area contributed by atoms with Crippen molar-refractivity contribution in [1.82, 2.24) is 0 Å². The molecule has 2 rings (SSSR count). The summed E-state index contributed by atoms with van der Waals surface area (Å²) < 4.78 is 0. The number of allylic oxidation sites excluding steroid dienone is 8. The Kier molecular flexibility index (Phi) is 38.1. The molecule has 0 saturated carbocycles. The molecule has 0 aromatic carbocycles. The Labute approximate surface area is 111 Å². The van der Waals surface area contributed by atoms with Crippen LogP contribution in [0.5, 0.6) is 0 Å². The van der Waals surface area contributed by atoms with Gasteiger partial charge in [0.25, 0.3) is 0 Å². The van der Waals surface area contributed by atoms with Crippen molar-refractivity contribution in [3.8, 4) is 0 Å². The fraction of sp³-hybridized carbons (Fsp3) is 0.308. The van der Waals surface area contributed by atoms with Gasteiger partial charge >= 0.3 is 24.8 Å². The van der Waals surface area contributed by atoms with Crippen molar-refractivity contribution in [3.63, 3.8) is 0 Å². The van der Waals surface area contributed by atoms with Crippen LogP contribution in [-0.4, -0.2) is 29.2 Å². The van der Waals surface area contributed by atoms with Crippen LogP contribution in [0.4, 0.5) is 0 Å². The van der Waals surface area contributed by atoms with Gasteiger partial charge in [-0.15, -0.1) is 12.8 Å². The van der Waals surface area contributed by atoms with E-state index in [-0.39, 0.29) is 0 Å². The Morgan fingerprint density at radius 2 is 1.19 bits per heavy atom. The van der Waals surface area contributed by atoms with E-state index in [0.717, 1.165) is 27.1 Å². The van der Waals surface area contributed by atoms with Crippen LogP contribution >= 0.6 is 0 Å². The van der Waals surface area contributed by atoms with Crippen LogP contribution in [0.3, 0.4) is 0 Å². The number of aliphatic hydroxyl groups excluding tert-OH is 2. The molecule has 0 aromatic rings. The second-order valence-electron chi connectivity index (χ2n) is 2.01. The number of hydrogen-bond acceptors (Lipinski definition) is 2. The van der Waals surface area contributed by atoms with Crippen molar-refractivity contribution in [3.05, 3.63) is 48.6 Å². The summed E-state index contributed by atoms with van der Waals surface area (Å²) >= 11 is 1.75. The van der Waals surface area contributed by atoms with Gasteiger partial charge in [0.2, 0.25) is 0 Å². The van der Waals surface area contributed by atoms with Crippen LogP contribution in [0.25, 0.3) is 0 Å². The second-order valence-corrected chi connectivity index (χ2v) is 2.01. The number of hydrogen-bond donors (Lipinski definition) is 2. The van der Waals surface area contributed by atoms with Gasteiger partial charge in [-0.3, -0.25) is 12.2 Å². The first-order valence-electron chi connectivity index (χ1n) is 4.68. The molecule has 0 spiro atoms. The van der Waals surface area contributed by atoms with Gasteiger partial charge < -0.3 is 10.2 Å². The van der Waals surface area contributed by atoms with Crippen LogP contribution in [0, 0.1) is 12.2 Å². The third-order valence-corrected chi connectivity index (χ3v) is 1.17. The van der Waals surface area contributed by atoms with E-state index in [4.69, 9.17) is 10.2 Å². The van der Waals surface area contributed by atoms with Gasteiger partial charge in [-0.2, -0.15) is 12.2 Å². The van der Waals surface area contributed by atoms with E-state index >= 15 is 0 Å². The minimum atomic E-state index is 1.00. The summed E-state index contributed by atoms with van der Waals surface area (Å²) in [6, 6.07) is 0. The SMILES string of the molecule is CO.CO.[C-]1=CC=CC1.[C-]1=CC=CC1.[CH2]=[Ti+2]. The summed E-state index contributed by atoms with van der Waals surface area (Å²) in [5, 5.41) is 14.0. The first-order valence-corrected chi connectivity index (χ1v) is 5.79. The number of aliphatic hydroxyl groups is 2. The van der Waals surface area contributed by atoms with Gasteiger partial charge in [0.05, 0.1) is 0 Å². The second kappa shape index (κ2) is 29.3. The third-order valence-electron chi connectivity index (χ3n) is 1.17. The number of rotatable bonds is 0. The summed E-state index contributed by atoms with van der Waals surface area (Å²) in [6.45, 7) is 0. The summed E-state index contributed by atoms with van der Waals surface area (Å²) in [6.07, 6.45) is 20.0. The fourth-order valence-electron chi connectivity index (χ4n) is 0.680. The van der Waals surface area contributed by atoms with Crippen molar-refractivity contribution < 1.29 is 30.2 Å². The molecular formula is C13H20O2Ti. The Hall–Kier alpha value is -0.536. The average molecular weight is 256 g/mol. The Morgan fingerprint density at radius 1 is 0.875 bits per heavy atom. The molecule has 0 saturated heterocycles. The summed E-state index contributed by atoms with van der Waals surface area (Å²) in [4.78, 5) is 3.25. The maximum absolute atomic E-state index is 7.00. The van der Waals surface area contributed by atoms with E-state index in [1.54, 1.807) is 20.0 Å². The summed E-state index contributed by atoms with van der Waals surface area (Å²) in [7, 11) is 2.00. The van der Waals surface area contributed by atoms with E-state index in [1.165, 1.54) is 0 Å². The molecule has 0 bridgehead atoms. The Bertz CT molecular complexity index is 164. The normalized spacial score (nSPS) is 12.1. The van der Waals surface area contributed by atoms with Gasteiger partial charge in [0.15, 0.2) is 0 Å². The zero-order valence-electron chi connectivity index (χ0n) is 9.98. The molecule has 0 atom stereocenters. The minimum absolute atomic E-state index is 1.00. The quantitative estimate of drug-likeness (QED) is 0.512. The molecule has 0 radical (unpaired) electrons. The topological polar surface area (TPSA) is 40.5 Å². The first-order chi connectivity index (χ1) is 8.00. The molecule has 88 valence electrons. The molecule has 16 heavy (non-hydrogen) atoms. The third kappa shape index (κ3) is 23.4. The van der Waals surface area contributed by atoms with Gasteiger partial charge in [-0.05, 0) is 0 Å².